The minimum atomic E-state index is -0.0663. The Bertz CT molecular complexity index is 563. The quantitative estimate of drug-likeness (QED) is 0.770. The summed E-state index contributed by atoms with van der Waals surface area (Å²) < 4.78 is 1.47. The molecule has 0 radical (unpaired) electrons. The summed E-state index contributed by atoms with van der Waals surface area (Å²) in [4.78, 5) is 15.8. The zero-order chi connectivity index (χ0) is 11.2. The fourth-order valence-corrected chi connectivity index (χ4v) is 1.88. The van der Waals surface area contributed by atoms with E-state index in [0.29, 0.717) is 11.4 Å². The molecule has 0 fully saturated rings. The summed E-state index contributed by atoms with van der Waals surface area (Å²) in [5, 5.41) is 3.03. The predicted molar refractivity (Wildman–Crippen MR) is 60.2 cm³/mol. The van der Waals surface area contributed by atoms with Gasteiger partial charge in [0.15, 0.2) is 5.52 Å². The molecule has 0 saturated heterocycles. The second-order valence-electron chi connectivity index (χ2n) is 4.19. The third kappa shape index (κ3) is 1.37. The summed E-state index contributed by atoms with van der Waals surface area (Å²) in [6, 6.07) is 0. The van der Waals surface area contributed by atoms with Gasteiger partial charge >= 0.3 is 0 Å². The molecule has 4 nitrogen and oxygen atoms in total. The molecule has 0 aliphatic heterocycles. The van der Waals surface area contributed by atoms with Crippen molar-refractivity contribution in [3.8, 4) is 0 Å². The molecule has 0 saturated carbocycles. The molecule has 2 rings (SSSR count). The van der Waals surface area contributed by atoms with E-state index in [2.05, 4.69) is 23.9 Å². The number of pyridine rings is 1. The number of hydrogen-bond donors (Lipinski definition) is 1. The van der Waals surface area contributed by atoms with Crippen molar-refractivity contribution in [3.05, 3.63) is 27.7 Å². The molecular formula is C11H15N3O. The van der Waals surface area contributed by atoms with Crippen molar-refractivity contribution in [3.63, 3.8) is 0 Å². The van der Waals surface area contributed by atoms with Gasteiger partial charge in [0, 0.05) is 13.2 Å². The molecule has 0 atom stereocenters. The highest BCUT2D eigenvalue weighted by atomic mass is 16.1. The summed E-state index contributed by atoms with van der Waals surface area (Å²) in [6.45, 7) is 6.27. The number of aryl methyl sites for hydroxylation is 2. The lowest BCUT2D eigenvalue weighted by molar-refractivity contribution is 0.749. The molecule has 4 heteroatoms. The Kier molecular flexibility index (Phi) is 2.14. The Labute approximate surface area is 87.9 Å². The summed E-state index contributed by atoms with van der Waals surface area (Å²) in [6.07, 6.45) is 1.80. The van der Waals surface area contributed by atoms with E-state index in [1.165, 1.54) is 10.2 Å². The van der Waals surface area contributed by atoms with Crippen LogP contribution in [0.25, 0.3) is 11.0 Å². The van der Waals surface area contributed by atoms with Gasteiger partial charge in [-0.3, -0.25) is 14.6 Å². The summed E-state index contributed by atoms with van der Waals surface area (Å²) in [7, 11) is 1.71. The zero-order valence-electron chi connectivity index (χ0n) is 9.46. The van der Waals surface area contributed by atoms with Gasteiger partial charge in [0.25, 0.3) is 5.56 Å². The van der Waals surface area contributed by atoms with Crippen molar-refractivity contribution in [1.29, 1.82) is 0 Å². The fourth-order valence-electron chi connectivity index (χ4n) is 1.88. The van der Waals surface area contributed by atoms with Gasteiger partial charge in [-0.1, -0.05) is 13.8 Å². The van der Waals surface area contributed by atoms with Crippen LogP contribution in [0, 0.1) is 6.92 Å². The van der Waals surface area contributed by atoms with Gasteiger partial charge < -0.3 is 0 Å². The topological polar surface area (TPSA) is 50.7 Å². The molecule has 0 amide bonds. The predicted octanol–water partition coefficient (Wildman–Crippen LogP) is 1.69. The molecule has 0 aliphatic carbocycles. The van der Waals surface area contributed by atoms with Crippen LogP contribution in [0.2, 0.25) is 0 Å². The highest BCUT2D eigenvalue weighted by Gasteiger charge is 2.12. The maximum absolute atomic E-state index is 11.6. The van der Waals surface area contributed by atoms with Gasteiger partial charge in [0.1, 0.15) is 0 Å². The maximum Gasteiger partial charge on any atom is 0.292 e. The van der Waals surface area contributed by atoms with Crippen LogP contribution < -0.4 is 5.56 Å². The maximum atomic E-state index is 11.6. The number of nitrogens with one attached hydrogen (secondary N) is 1. The van der Waals surface area contributed by atoms with Crippen molar-refractivity contribution in [2.45, 2.75) is 26.7 Å². The van der Waals surface area contributed by atoms with E-state index in [0.717, 1.165) is 11.1 Å². The van der Waals surface area contributed by atoms with Crippen LogP contribution in [0.5, 0.6) is 0 Å². The molecule has 0 bridgehead atoms. The Morgan fingerprint density at radius 2 is 2.13 bits per heavy atom. The Morgan fingerprint density at radius 1 is 1.47 bits per heavy atom. The second kappa shape index (κ2) is 3.22. The molecule has 0 spiro atoms. The van der Waals surface area contributed by atoms with Crippen LogP contribution >= 0.6 is 0 Å². The van der Waals surface area contributed by atoms with Gasteiger partial charge in [0.05, 0.1) is 5.52 Å². The van der Waals surface area contributed by atoms with E-state index in [1.807, 2.05) is 6.92 Å². The van der Waals surface area contributed by atoms with Crippen molar-refractivity contribution in [1.82, 2.24) is 14.8 Å². The van der Waals surface area contributed by atoms with Gasteiger partial charge in [-0.15, -0.1) is 0 Å². The first-order valence-corrected chi connectivity index (χ1v) is 5.06. The standard InChI is InChI=1S/C11H15N3O/c1-6(2)8-5-12-10-9(7(8)3)13-14(4)11(10)15/h5-6,13H,1-4H3. The minimum Gasteiger partial charge on any atom is -0.293 e. The molecule has 2 aromatic heterocycles. The van der Waals surface area contributed by atoms with Gasteiger partial charge in [0.2, 0.25) is 0 Å². The summed E-state index contributed by atoms with van der Waals surface area (Å²) >= 11 is 0. The molecule has 0 aromatic carbocycles. The van der Waals surface area contributed by atoms with Crippen LogP contribution in [0.4, 0.5) is 0 Å². The van der Waals surface area contributed by atoms with Crippen LogP contribution in [-0.2, 0) is 7.05 Å². The molecule has 0 unspecified atom stereocenters. The number of nitrogens with zero attached hydrogens (tertiary/aromatic N) is 2. The average Bonchev–Trinajstić information content (AvgIpc) is 2.45. The van der Waals surface area contributed by atoms with Gasteiger partial charge in [-0.2, -0.15) is 0 Å². The lowest BCUT2D eigenvalue weighted by atomic mass is 10.00. The van der Waals surface area contributed by atoms with E-state index >= 15 is 0 Å². The summed E-state index contributed by atoms with van der Waals surface area (Å²) in [5.41, 5.74) is 3.62. The summed E-state index contributed by atoms with van der Waals surface area (Å²) in [5.74, 6) is 0.422. The third-order valence-electron chi connectivity index (χ3n) is 2.79. The van der Waals surface area contributed by atoms with Crippen molar-refractivity contribution >= 4 is 11.0 Å². The van der Waals surface area contributed by atoms with E-state index in [1.54, 1.807) is 13.2 Å². The SMILES string of the molecule is Cc1c(C(C)C)cnc2c(=O)n(C)[nH]c12. The van der Waals surface area contributed by atoms with Gasteiger partial charge in [-0.05, 0) is 24.0 Å². The second-order valence-corrected chi connectivity index (χ2v) is 4.19. The molecular weight excluding hydrogens is 190 g/mol. The van der Waals surface area contributed by atoms with E-state index in [9.17, 15) is 4.79 Å². The highest BCUT2D eigenvalue weighted by molar-refractivity contribution is 5.78. The van der Waals surface area contributed by atoms with Crippen molar-refractivity contribution in [2.24, 2.45) is 7.05 Å². The molecule has 1 N–H and O–H groups in total. The number of rotatable bonds is 1. The minimum absolute atomic E-state index is 0.0663. The molecule has 2 heterocycles. The molecule has 0 aliphatic rings. The first kappa shape index (κ1) is 9.96. The number of aromatic nitrogens is 3. The van der Waals surface area contributed by atoms with Crippen molar-refractivity contribution < 1.29 is 0 Å². The first-order valence-electron chi connectivity index (χ1n) is 5.06. The van der Waals surface area contributed by atoms with E-state index in [4.69, 9.17) is 0 Å². The molecule has 15 heavy (non-hydrogen) atoms. The van der Waals surface area contributed by atoms with Crippen LogP contribution in [0.1, 0.15) is 30.9 Å². The smallest absolute Gasteiger partial charge is 0.292 e. The van der Waals surface area contributed by atoms with E-state index < -0.39 is 0 Å². The monoisotopic (exact) mass is 205 g/mol. The first-order chi connectivity index (χ1) is 7.02. The lowest BCUT2D eigenvalue weighted by Gasteiger charge is -2.08. The Balaban J connectivity index is 2.86. The Morgan fingerprint density at radius 3 is 2.73 bits per heavy atom. The lowest BCUT2D eigenvalue weighted by Crippen LogP contribution is -2.11. The molecule has 2 aromatic rings. The molecule has 80 valence electrons. The highest BCUT2D eigenvalue weighted by Crippen LogP contribution is 2.22. The number of fused-ring (bicyclic) bond motifs is 1. The number of H-pyrrole nitrogens is 1. The third-order valence-corrected chi connectivity index (χ3v) is 2.79. The number of aromatic amines is 1. The van der Waals surface area contributed by atoms with Crippen molar-refractivity contribution in [2.75, 3.05) is 0 Å². The van der Waals surface area contributed by atoms with E-state index in [-0.39, 0.29) is 5.56 Å². The zero-order valence-corrected chi connectivity index (χ0v) is 9.46. The van der Waals surface area contributed by atoms with Crippen LogP contribution in [0.15, 0.2) is 11.0 Å². The Hall–Kier alpha value is -1.58. The fraction of sp³-hybridized carbons (Fsp3) is 0.455. The van der Waals surface area contributed by atoms with Gasteiger partial charge in [-0.25, -0.2) is 4.98 Å². The van der Waals surface area contributed by atoms with Crippen LogP contribution in [0.3, 0.4) is 0 Å². The largest absolute Gasteiger partial charge is 0.293 e. The number of hydrogen-bond acceptors (Lipinski definition) is 2. The average molecular weight is 205 g/mol. The van der Waals surface area contributed by atoms with Crippen LogP contribution in [-0.4, -0.2) is 14.8 Å². The normalized spacial score (nSPS) is 11.5.